The van der Waals surface area contributed by atoms with Gasteiger partial charge in [0.2, 0.25) is 0 Å². The Morgan fingerprint density at radius 1 is 1.31 bits per heavy atom. The van der Waals surface area contributed by atoms with E-state index in [0.717, 1.165) is 18.4 Å². The fourth-order valence-electron chi connectivity index (χ4n) is 0.899. The maximum absolute atomic E-state index is 8.42. The van der Waals surface area contributed by atoms with Gasteiger partial charge in [-0.2, -0.15) is 17.7 Å². The second-order valence-electron chi connectivity index (χ2n) is 2.47. The third-order valence-corrected chi connectivity index (χ3v) is 1.52. The first-order valence-corrected chi connectivity index (χ1v) is 4.02. The molecule has 1 N–H and O–H groups in total. The smallest absolute Gasteiger partial charge is 0.395 e. The van der Waals surface area contributed by atoms with E-state index >= 15 is 0 Å². The minimum absolute atomic E-state index is 0. The second kappa shape index (κ2) is 8.06. The van der Waals surface area contributed by atoms with Gasteiger partial charge < -0.3 is 5.11 Å². The molecule has 0 heterocycles. The molecule has 0 saturated carbocycles. The van der Waals surface area contributed by atoms with Crippen molar-refractivity contribution in [3.63, 3.8) is 0 Å². The molecule has 0 radical (unpaired) electrons. The maximum Gasteiger partial charge on any atom is 2.00 e. The molecule has 2 aliphatic carbocycles. The predicted octanol–water partition coefficient (Wildman–Crippen LogP) is 1.97. The normalized spacial score (nSPS) is 16.2. The number of hydrogen-bond donors (Lipinski definition) is 1. The first kappa shape index (κ1) is 12.4. The second-order valence-corrected chi connectivity index (χ2v) is 2.47. The van der Waals surface area contributed by atoms with Crippen LogP contribution in [0.15, 0.2) is 36.0 Å². The third kappa shape index (κ3) is 5.64. The zero-order chi connectivity index (χ0) is 8.65. The standard InChI is InChI=1S/C6H7O.C5H5.Fe/c7-5-6-3-1-2-4-6;1-2-4-5-3-1;/h1,3,7H,2,5H2;1-3H,4H2;/q2*-1;+2. The first-order chi connectivity index (χ1) is 5.93. The van der Waals surface area contributed by atoms with Gasteiger partial charge in [-0.05, 0) is 0 Å². The van der Waals surface area contributed by atoms with Gasteiger partial charge in [0.25, 0.3) is 0 Å². The van der Waals surface area contributed by atoms with Crippen LogP contribution in [0.4, 0.5) is 0 Å². The SMILES string of the molecule is OCC1=[C-]CC=C1.[C-]1=CC=CC1.[Fe+2]. The Kier molecular flexibility index (Phi) is 7.71. The predicted molar refractivity (Wildman–Crippen MR) is 49.2 cm³/mol. The zero-order valence-electron chi connectivity index (χ0n) is 7.31. The Balaban J connectivity index is 0.000000215. The van der Waals surface area contributed by atoms with Crippen LogP contribution in [0.1, 0.15) is 12.8 Å². The summed E-state index contributed by atoms with van der Waals surface area (Å²) in [5.74, 6) is 0. The number of rotatable bonds is 1. The van der Waals surface area contributed by atoms with Crippen molar-refractivity contribution in [2.24, 2.45) is 0 Å². The Morgan fingerprint density at radius 2 is 2.15 bits per heavy atom. The summed E-state index contributed by atoms with van der Waals surface area (Å²) in [6.45, 7) is 0.135. The largest absolute Gasteiger partial charge is 2.00 e. The molecular weight excluding hydrogens is 204 g/mol. The molecule has 1 nitrogen and oxygen atoms in total. The summed E-state index contributed by atoms with van der Waals surface area (Å²) in [5.41, 5.74) is 0.917. The van der Waals surface area contributed by atoms with Crippen LogP contribution >= 0.6 is 0 Å². The van der Waals surface area contributed by atoms with Gasteiger partial charge in [0.05, 0.1) is 0 Å². The van der Waals surface area contributed by atoms with Crippen molar-refractivity contribution < 1.29 is 22.2 Å². The summed E-state index contributed by atoms with van der Waals surface area (Å²) in [6, 6.07) is 0. The summed E-state index contributed by atoms with van der Waals surface area (Å²) in [7, 11) is 0. The molecule has 0 unspecified atom stereocenters. The van der Waals surface area contributed by atoms with E-state index in [1.807, 2.05) is 24.3 Å². The fraction of sp³-hybridized carbons (Fsp3) is 0.273. The number of allylic oxidation sites excluding steroid dienone is 6. The molecule has 0 spiro atoms. The van der Waals surface area contributed by atoms with E-state index in [9.17, 15) is 0 Å². The average molecular weight is 216 g/mol. The Hall–Kier alpha value is -0.561. The molecule has 0 aromatic carbocycles. The van der Waals surface area contributed by atoms with E-state index in [4.69, 9.17) is 5.11 Å². The summed E-state index contributed by atoms with van der Waals surface area (Å²) >= 11 is 0. The molecule has 0 aromatic heterocycles. The molecule has 0 fully saturated rings. The van der Waals surface area contributed by atoms with E-state index in [1.54, 1.807) is 0 Å². The van der Waals surface area contributed by atoms with Crippen molar-refractivity contribution >= 4 is 0 Å². The van der Waals surface area contributed by atoms with Crippen molar-refractivity contribution in [3.8, 4) is 0 Å². The molecule has 0 atom stereocenters. The zero-order valence-corrected chi connectivity index (χ0v) is 8.41. The van der Waals surface area contributed by atoms with Crippen LogP contribution in [-0.2, 0) is 17.1 Å². The first-order valence-electron chi connectivity index (χ1n) is 4.02. The molecule has 0 amide bonds. The number of hydrogen-bond acceptors (Lipinski definition) is 1. The van der Waals surface area contributed by atoms with Crippen molar-refractivity contribution in [1.29, 1.82) is 0 Å². The third-order valence-electron chi connectivity index (χ3n) is 1.52. The van der Waals surface area contributed by atoms with E-state index in [0.29, 0.717) is 0 Å². The van der Waals surface area contributed by atoms with Crippen LogP contribution in [0.25, 0.3) is 0 Å². The quantitative estimate of drug-likeness (QED) is 0.524. The van der Waals surface area contributed by atoms with Crippen LogP contribution < -0.4 is 0 Å². The average Bonchev–Trinajstić information content (AvgIpc) is 2.81. The van der Waals surface area contributed by atoms with Crippen LogP contribution in [0, 0.1) is 12.2 Å². The number of aliphatic hydroxyl groups is 1. The van der Waals surface area contributed by atoms with Crippen molar-refractivity contribution in [2.45, 2.75) is 12.8 Å². The van der Waals surface area contributed by atoms with Crippen LogP contribution in [-0.4, -0.2) is 11.7 Å². The van der Waals surface area contributed by atoms with Gasteiger partial charge in [-0.15, -0.1) is 12.8 Å². The van der Waals surface area contributed by atoms with Crippen LogP contribution in [0.5, 0.6) is 0 Å². The molecule has 2 heteroatoms. The van der Waals surface area contributed by atoms with Gasteiger partial charge in [-0.1, -0.05) is 0 Å². The van der Waals surface area contributed by atoms with Crippen LogP contribution in [0.3, 0.4) is 0 Å². The molecule has 0 bridgehead atoms. The summed E-state index contributed by atoms with van der Waals surface area (Å²) in [6.07, 6.45) is 17.7. The van der Waals surface area contributed by atoms with Gasteiger partial charge in [0.15, 0.2) is 0 Å². The molecule has 13 heavy (non-hydrogen) atoms. The molecular formula is C11H12FeO. The molecule has 0 saturated heterocycles. The van der Waals surface area contributed by atoms with Crippen molar-refractivity contribution in [1.82, 2.24) is 0 Å². The Bertz CT molecular complexity index is 226. The van der Waals surface area contributed by atoms with Gasteiger partial charge in [0.1, 0.15) is 0 Å². The van der Waals surface area contributed by atoms with Gasteiger partial charge in [-0.3, -0.25) is 12.2 Å². The molecule has 2 rings (SSSR count). The van der Waals surface area contributed by atoms with Gasteiger partial charge in [-0.25, -0.2) is 18.2 Å². The summed E-state index contributed by atoms with van der Waals surface area (Å²) < 4.78 is 0. The summed E-state index contributed by atoms with van der Waals surface area (Å²) in [4.78, 5) is 0. The monoisotopic (exact) mass is 216 g/mol. The van der Waals surface area contributed by atoms with Crippen molar-refractivity contribution in [3.05, 3.63) is 48.1 Å². The minimum Gasteiger partial charge on any atom is -0.395 e. The topological polar surface area (TPSA) is 20.2 Å². The Labute approximate surface area is 90.0 Å². The summed E-state index contributed by atoms with van der Waals surface area (Å²) in [5, 5.41) is 8.42. The minimum atomic E-state index is 0. The van der Waals surface area contributed by atoms with E-state index in [2.05, 4.69) is 18.2 Å². The molecule has 70 valence electrons. The van der Waals surface area contributed by atoms with Gasteiger partial charge in [0, 0.05) is 6.61 Å². The fourth-order valence-corrected chi connectivity index (χ4v) is 0.899. The van der Waals surface area contributed by atoms with Crippen LogP contribution in [0.2, 0.25) is 0 Å². The van der Waals surface area contributed by atoms with E-state index in [1.165, 1.54) is 0 Å². The molecule has 0 aliphatic heterocycles. The molecule has 0 aromatic rings. The Morgan fingerprint density at radius 3 is 2.38 bits per heavy atom. The maximum atomic E-state index is 8.42. The van der Waals surface area contributed by atoms with Crippen molar-refractivity contribution in [2.75, 3.05) is 6.61 Å². The van der Waals surface area contributed by atoms with E-state index in [-0.39, 0.29) is 23.7 Å². The number of aliphatic hydroxyl groups excluding tert-OH is 1. The molecule has 2 aliphatic rings. The van der Waals surface area contributed by atoms with E-state index < -0.39 is 0 Å². The van der Waals surface area contributed by atoms with Gasteiger partial charge >= 0.3 is 17.1 Å².